The maximum atomic E-state index is 5.13. The number of nitrogens with zero attached hydrogens (tertiary/aromatic N) is 2. The normalized spacial score (nSPS) is 11.5. The zero-order valence-electron chi connectivity index (χ0n) is 25.0. The van der Waals surface area contributed by atoms with Crippen LogP contribution in [0.2, 0.25) is 0 Å². The number of thiazole rings is 1. The maximum absolute atomic E-state index is 5.13. The number of hydrogen-bond acceptors (Lipinski definition) is 3. The highest BCUT2D eigenvalue weighted by molar-refractivity contribution is 7.19. The SMILES string of the molecule is c1ccc(-c2ccc(N(c3ccccc3)c3ccc(-c4ccc5c6c(cccc46)-c4nc(-c6ccccc6)sc4-5)cc3)cc2)cc1. The Morgan fingerprint density at radius 2 is 0.935 bits per heavy atom. The molecule has 0 N–H and O–H groups in total. The Hall–Kier alpha value is -5.77. The van der Waals surface area contributed by atoms with Crippen molar-refractivity contribution in [2.45, 2.75) is 0 Å². The van der Waals surface area contributed by atoms with Crippen LogP contribution >= 0.6 is 11.3 Å². The molecule has 7 aromatic carbocycles. The Morgan fingerprint density at radius 3 is 1.61 bits per heavy atom. The highest BCUT2D eigenvalue weighted by Gasteiger charge is 2.27. The minimum atomic E-state index is 1.07. The van der Waals surface area contributed by atoms with Gasteiger partial charge in [-0.3, -0.25) is 0 Å². The lowest BCUT2D eigenvalue weighted by Crippen LogP contribution is -2.09. The van der Waals surface area contributed by atoms with Crippen LogP contribution < -0.4 is 4.90 Å². The first-order valence-electron chi connectivity index (χ1n) is 15.6. The van der Waals surface area contributed by atoms with E-state index in [0.29, 0.717) is 0 Å². The lowest BCUT2D eigenvalue weighted by molar-refractivity contribution is 1.28. The van der Waals surface area contributed by atoms with Gasteiger partial charge >= 0.3 is 0 Å². The molecule has 9 rings (SSSR count). The molecule has 0 unspecified atom stereocenters. The average molecular weight is 605 g/mol. The largest absolute Gasteiger partial charge is 0.311 e. The number of hydrogen-bond donors (Lipinski definition) is 0. The van der Waals surface area contributed by atoms with E-state index in [0.717, 1.165) is 27.8 Å². The summed E-state index contributed by atoms with van der Waals surface area (Å²) in [5.41, 5.74) is 13.0. The summed E-state index contributed by atoms with van der Waals surface area (Å²) in [6.45, 7) is 0. The second-order valence-electron chi connectivity index (χ2n) is 11.6. The van der Waals surface area contributed by atoms with Crippen LogP contribution in [0, 0.1) is 0 Å². The second kappa shape index (κ2) is 11.0. The van der Waals surface area contributed by atoms with Crippen LogP contribution in [-0.4, -0.2) is 4.98 Å². The van der Waals surface area contributed by atoms with Gasteiger partial charge in [-0.05, 0) is 64.0 Å². The Kier molecular flexibility index (Phi) is 6.36. The fourth-order valence-corrected chi connectivity index (χ4v) is 7.80. The average Bonchev–Trinajstić information content (AvgIpc) is 3.70. The maximum Gasteiger partial charge on any atom is 0.124 e. The molecule has 0 radical (unpaired) electrons. The van der Waals surface area contributed by atoms with Crippen molar-refractivity contribution >= 4 is 39.2 Å². The topological polar surface area (TPSA) is 16.1 Å². The van der Waals surface area contributed by atoms with Crippen molar-refractivity contribution in [2.24, 2.45) is 0 Å². The highest BCUT2D eigenvalue weighted by Crippen LogP contribution is 2.52. The van der Waals surface area contributed by atoms with Crippen molar-refractivity contribution < 1.29 is 0 Å². The molecule has 0 saturated carbocycles. The number of aromatic nitrogens is 1. The molecule has 1 heterocycles. The molecule has 3 heteroatoms. The van der Waals surface area contributed by atoms with Gasteiger partial charge in [-0.2, -0.15) is 0 Å². The Balaban J connectivity index is 1.09. The number of anilines is 3. The minimum Gasteiger partial charge on any atom is -0.311 e. The molecular weight excluding hydrogens is 577 g/mol. The zero-order chi connectivity index (χ0) is 30.5. The predicted octanol–water partition coefficient (Wildman–Crippen LogP) is 12.4. The smallest absolute Gasteiger partial charge is 0.124 e. The molecule has 0 aliphatic heterocycles. The predicted molar refractivity (Wildman–Crippen MR) is 195 cm³/mol. The van der Waals surface area contributed by atoms with E-state index in [-0.39, 0.29) is 0 Å². The highest BCUT2D eigenvalue weighted by atomic mass is 32.1. The molecule has 46 heavy (non-hydrogen) atoms. The summed E-state index contributed by atoms with van der Waals surface area (Å²) in [6.07, 6.45) is 0. The van der Waals surface area contributed by atoms with Crippen LogP contribution in [0.3, 0.4) is 0 Å². The van der Waals surface area contributed by atoms with Gasteiger partial charge in [0.1, 0.15) is 5.01 Å². The number of fused-ring (bicyclic) bond motifs is 3. The third kappa shape index (κ3) is 4.44. The third-order valence-corrected chi connectivity index (χ3v) is 10.0. The van der Waals surface area contributed by atoms with Gasteiger partial charge in [-0.25, -0.2) is 4.98 Å². The van der Waals surface area contributed by atoms with Gasteiger partial charge in [-0.1, -0.05) is 133 Å². The Bertz CT molecular complexity index is 2300. The zero-order valence-corrected chi connectivity index (χ0v) is 25.8. The summed E-state index contributed by atoms with van der Waals surface area (Å²) in [6, 6.07) is 60.6. The van der Waals surface area contributed by atoms with Crippen LogP contribution in [0.5, 0.6) is 0 Å². The lowest BCUT2D eigenvalue weighted by atomic mass is 9.95. The summed E-state index contributed by atoms with van der Waals surface area (Å²) in [5.74, 6) is 0. The molecule has 8 aromatic rings. The quantitative estimate of drug-likeness (QED) is 0.188. The van der Waals surface area contributed by atoms with Gasteiger partial charge in [0.15, 0.2) is 0 Å². The Labute approximate surface area is 272 Å². The molecule has 0 saturated heterocycles. The molecule has 0 fully saturated rings. The number of para-hydroxylation sites is 1. The van der Waals surface area contributed by atoms with E-state index in [1.54, 1.807) is 11.3 Å². The van der Waals surface area contributed by atoms with E-state index in [9.17, 15) is 0 Å². The molecular formula is C43H28N2S. The standard InChI is InChI=1S/C43H28N2S/c1-4-11-29(12-5-1)30-19-23-34(24-20-30)45(33-15-8-3-9-16-33)35-25-21-31(22-26-35)36-27-28-39-40-37(36)17-10-18-38(40)41-42(39)46-43(44-41)32-13-6-2-7-14-32/h1-28H. The van der Waals surface area contributed by atoms with Crippen molar-refractivity contribution in [3.8, 4) is 54.5 Å². The van der Waals surface area contributed by atoms with Crippen LogP contribution in [0.15, 0.2) is 170 Å². The van der Waals surface area contributed by atoms with Crippen molar-refractivity contribution in [1.82, 2.24) is 4.98 Å². The molecule has 0 atom stereocenters. The van der Waals surface area contributed by atoms with E-state index in [2.05, 4.69) is 175 Å². The lowest BCUT2D eigenvalue weighted by Gasteiger charge is -2.26. The van der Waals surface area contributed by atoms with Crippen LogP contribution in [0.4, 0.5) is 17.1 Å². The summed E-state index contributed by atoms with van der Waals surface area (Å²) < 4.78 is 0. The van der Waals surface area contributed by atoms with E-state index >= 15 is 0 Å². The third-order valence-electron chi connectivity index (χ3n) is 8.87. The molecule has 0 spiro atoms. The van der Waals surface area contributed by atoms with E-state index < -0.39 is 0 Å². The van der Waals surface area contributed by atoms with Gasteiger partial charge < -0.3 is 4.90 Å². The van der Waals surface area contributed by atoms with E-state index in [1.807, 2.05) is 0 Å². The van der Waals surface area contributed by atoms with Gasteiger partial charge in [0.25, 0.3) is 0 Å². The van der Waals surface area contributed by atoms with Crippen molar-refractivity contribution in [1.29, 1.82) is 0 Å². The second-order valence-corrected chi connectivity index (χ2v) is 12.6. The molecule has 0 amide bonds. The molecule has 216 valence electrons. The first kappa shape index (κ1) is 26.6. The van der Waals surface area contributed by atoms with Crippen LogP contribution in [-0.2, 0) is 0 Å². The summed E-state index contributed by atoms with van der Waals surface area (Å²) in [7, 11) is 0. The van der Waals surface area contributed by atoms with Gasteiger partial charge in [0.2, 0.25) is 0 Å². The number of benzene rings is 7. The van der Waals surface area contributed by atoms with Gasteiger partial charge in [-0.15, -0.1) is 11.3 Å². The molecule has 2 nitrogen and oxygen atoms in total. The first-order chi connectivity index (χ1) is 22.8. The van der Waals surface area contributed by atoms with Crippen LogP contribution in [0.25, 0.3) is 65.3 Å². The van der Waals surface area contributed by atoms with Crippen molar-refractivity contribution in [2.75, 3.05) is 4.90 Å². The van der Waals surface area contributed by atoms with E-state index in [4.69, 9.17) is 4.98 Å². The first-order valence-corrected chi connectivity index (χ1v) is 16.4. The fourth-order valence-electron chi connectivity index (χ4n) is 6.68. The summed E-state index contributed by atoms with van der Waals surface area (Å²) in [4.78, 5) is 8.71. The van der Waals surface area contributed by atoms with Crippen molar-refractivity contribution in [3.63, 3.8) is 0 Å². The van der Waals surface area contributed by atoms with Crippen LogP contribution in [0.1, 0.15) is 0 Å². The molecule has 1 aliphatic carbocycles. The monoisotopic (exact) mass is 604 g/mol. The van der Waals surface area contributed by atoms with Gasteiger partial charge in [0.05, 0.1) is 10.6 Å². The number of rotatable bonds is 6. The molecule has 1 aromatic heterocycles. The molecule has 0 bridgehead atoms. The van der Waals surface area contributed by atoms with Gasteiger partial charge in [0, 0.05) is 39.1 Å². The Morgan fingerprint density at radius 1 is 0.391 bits per heavy atom. The van der Waals surface area contributed by atoms with E-state index in [1.165, 1.54) is 54.6 Å². The van der Waals surface area contributed by atoms with Crippen molar-refractivity contribution in [3.05, 3.63) is 170 Å². The minimum absolute atomic E-state index is 1.07. The molecule has 1 aliphatic rings. The summed E-state index contributed by atoms with van der Waals surface area (Å²) >= 11 is 1.79. The summed E-state index contributed by atoms with van der Waals surface area (Å²) in [5, 5.41) is 3.65. The fraction of sp³-hybridized carbons (Fsp3) is 0.